The Morgan fingerprint density at radius 2 is 1.89 bits per heavy atom. The third kappa shape index (κ3) is 4.19. The molecule has 0 saturated carbocycles. The van der Waals surface area contributed by atoms with Gasteiger partial charge in [-0.15, -0.1) is 6.58 Å². The van der Waals surface area contributed by atoms with E-state index in [0.29, 0.717) is 22.8 Å². The number of carboxylic acids is 1. The average molecular weight is 286 g/mol. The summed E-state index contributed by atoms with van der Waals surface area (Å²) in [4.78, 5) is 25.0. The minimum atomic E-state index is -0.936. The van der Waals surface area contributed by atoms with Crippen LogP contribution in [0, 0.1) is 0 Å². The van der Waals surface area contributed by atoms with Gasteiger partial charge < -0.3 is 10.0 Å². The van der Waals surface area contributed by atoms with Gasteiger partial charge in [-0.1, -0.05) is 29.6 Å². The summed E-state index contributed by atoms with van der Waals surface area (Å²) in [7, 11) is 0. The minimum absolute atomic E-state index is 0.169. The Bertz CT molecular complexity index is 420. The molecule has 6 nitrogen and oxygen atoms in total. The first kappa shape index (κ1) is 14.8. The van der Waals surface area contributed by atoms with Gasteiger partial charge in [-0.25, -0.2) is 0 Å². The van der Waals surface area contributed by atoms with Gasteiger partial charge in [0.05, 0.1) is 0 Å². The fourth-order valence-electron chi connectivity index (χ4n) is 1.19. The maximum Gasteiger partial charge on any atom is 0.323 e. The van der Waals surface area contributed by atoms with Gasteiger partial charge >= 0.3 is 5.97 Å². The SMILES string of the molecule is C=CCN(CC(=O)O)c1nc(SC)nc(SC)n1. The molecule has 0 aromatic carbocycles. The summed E-state index contributed by atoms with van der Waals surface area (Å²) >= 11 is 2.78. The zero-order valence-corrected chi connectivity index (χ0v) is 11.8. The van der Waals surface area contributed by atoms with Crippen LogP contribution in [-0.4, -0.2) is 51.6 Å². The van der Waals surface area contributed by atoms with Crippen molar-refractivity contribution in [2.75, 3.05) is 30.5 Å². The molecule has 18 heavy (non-hydrogen) atoms. The molecular weight excluding hydrogens is 272 g/mol. The Kier molecular flexibility index (Phi) is 5.93. The van der Waals surface area contributed by atoms with Crippen LogP contribution >= 0.6 is 23.5 Å². The Hall–Kier alpha value is -1.28. The van der Waals surface area contributed by atoms with Crippen molar-refractivity contribution in [1.29, 1.82) is 0 Å². The second-order valence-corrected chi connectivity index (χ2v) is 4.72. The molecule has 0 aliphatic carbocycles. The van der Waals surface area contributed by atoms with Gasteiger partial charge in [0, 0.05) is 6.54 Å². The summed E-state index contributed by atoms with van der Waals surface area (Å²) < 4.78 is 0. The summed E-state index contributed by atoms with van der Waals surface area (Å²) in [5, 5.41) is 10.0. The van der Waals surface area contributed by atoms with Crippen LogP contribution in [0.1, 0.15) is 0 Å². The molecule has 1 N–H and O–H groups in total. The Balaban J connectivity index is 3.08. The second kappa shape index (κ2) is 7.22. The predicted molar refractivity (Wildman–Crippen MR) is 73.4 cm³/mol. The highest BCUT2D eigenvalue weighted by Crippen LogP contribution is 2.18. The maximum absolute atomic E-state index is 10.8. The first-order valence-corrected chi connectivity index (χ1v) is 7.47. The van der Waals surface area contributed by atoms with E-state index >= 15 is 0 Å². The van der Waals surface area contributed by atoms with Crippen molar-refractivity contribution in [3.63, 3.8) is 0 Å². The third-order valence-electron chi connectivity index (χ3n) is 1.91. The molecule has 1 heterocycles. The Morgan fingerprint density at radius 1 is 1.33 bits per heavy atom. The lowest BCUT2D eigenvalue weighted by Gasteiger charge is -2.19. The van der Waals surface area contributed by atoms with Crippen LogP contribution in [0.3, 0.4) is 0 Å². The molecule has 0 spiro atoms. The van der Waals surface area contributed by atoms with Crippen molar-refractivity contribution in [2.24, 2.45) is 0 Å². The molecule has 1 aromatic heterocycles. The molecule has 98 valence electrons. The van der Waals surface area contributed by atoms with Crippen LogP contribution in [0.15, 0.2) is 23.0 Å². The average Bonchev–Trinajstić information content (AvgIpc) is 2.37. The Labute approximate surface area is 114 Å². The molecule has 0 unspecified atom stereocenters. The molecule has 0 atom stereocenters. The zero-order chi connectivity index (χ0) is 13.5. The molecular formula is C10H14N4O2S2. The molecule has 0 fully saturated rings. The van der Waals surface area contributed by atoms with Gasteiger partial charge in [-0.2, -0.15) is 15.0 Å². The van der Waals surface area contributed by atoms with E-state index in [4.69, 9.17) is 5.11 Å². The molecule has 0 bridgehead atoms. The highest BCUT2D eigenvalue weighted by Gasteiger charge is 2.14. The van der Waals surface area contributed by atoms with E-state index in [9.17, 15) is 4.79 Å². The van der Waals surface area contributed by atoms with Gasteiger partial charge in [0.15, 0.2) is 10.3 Å². The first-order chi connectivity index (χ1) is 8.60. The molecule has 0 aliphatic rings. The van der Waals surface area contributed by atoms with Crippen molar-refractivity contribution in [3.05, 3.63) is 12.7 Å². The number of aromatic nitrogens is 3. The van der Waals surface area contributed by atoms with E-state index in [1.54, 1.807) is 6.08 Å². The van der Waals surface area contributed by atoms with E-state index in [-0.39, 0.29) is 6.54 Å². The van der Waals surface area contributed by atoms with E-state index in [2.05, 4.69) is 21.5 Å². The van der Waals surface area contributed by atoms with Crippen molar-refractivity contribution < 1.29 is 9.90 Å². The second-order valence-electron chi connectivity index (χ2n) is 3.17. The van der Waals surface area contributed by atoms with Gasteiger partial charge in [0.2, 0.25) is 5.95 Å². The van der Waals surface area contributed by atoms with E-state index in [1.807, 2.05) is 12.5 Å². The fraction of sp³-hybridized carbons (Fsp3) is 0.400. The smallest absolute Gasteiger partial charge is 0.323 e. The zero-order valence-electron chi connectivity index (χ0n) is 10.2. The highest BCUT2D eigenvalue weighted by molar-refractivity contribution is 7.99. The number of rotatable bonds is 7. The normalized spacial score (nSPS) is 10.1. The van der Waals surface area contributed by atoms with Crippen LogP contribution < -0.4 is 4.90 Å². The molecule has 1 rings (SSSR count). The van der Waals surface area contributed by atoms with Crippen molar-refractivity contribution in [3.8, 4) is 0 Å². The van der Waals surface area contributed by atoms with E-state index in [0.717, 1.165) is 0 Å². The first-order valence-electron chi connectivity index (χ1n) is 5.02. The number of hydrogen-bond donors (Lipinski definition) is 1. The van der Waals surface area contributed by atoms with Crippen LogP contribution in [-0.2, 0) is 4.79 Å². The lowest BCUT2D eigenvalue weighted by molar-refractivity contribution is -0.135. The summed E-state index contributed by atoms with van der Waals surface area (Å²) in [6.07, 6.45) is 5.33. The number of aliphatic carboxylic acids is 1. The molecule has 1 aromatic rings. The third-order valence-corrected chi connectivity index (χ3v) is 3.00. The van der Waals surface area contributed by atoms with E-state index in [1.165, 1.54) is 28.4 Å². The number of carboxylic acid groups (broad SMARTS) is 1. The lowest BCUT2D eigenvalue weighted by Crippen LogP contribution is -2.31. The number of thioether (sulfide) groups is 2. The molecule has 8 heteroatoms. The van der Waals surface area contributed by atoms with Gasteiger partial charge in [0.1, 0.15) is 6.54 Å². The number of hydrogen-bond acceptors (Lipinski definition) is 7. The Morgan fingerprint density at radius 3 is 2.28 bits per heavy atom. The largest absolute Gasteiger partial charge is 0.480 e. The van der Waals surface area contributed by atoms with E-state index < -0.39 is 5.97 Å². The van der Waals surface area contributed by atoms with Crippen LogP contribution in [0.4, 0.5) is 5.95 Å². The van der Waals surface area contributed by atoms with Gasteiger partial charge in [0.25, 0.3) is 0 Å². The summed E-state index contributed by atoms with van der Waals surface area (Å²) in [5.41, 5.74) is 0. The topological polar surface area (TPSA) is 79.2 Å². The summed E-state index contributed by atoms with van der Waals surface area (Å²) in [5.74, 6) is -0.574. The maximum atomic E-state index is 10.8. The standard InChI is InChI=1S/C10H14N4O2S2/c1-4-5-14(6-7(15)16)8-11-9(17-2)13-10(12-8)18-3/h4H,1,5-6H2,2-3H3,(H,15,16). The van der Waals surface area contributed by atoms with Crippen LogP contribution in [0.2, 0.25) is 0 Å². The molecule has 0 aliphatic heterocycles. The number of carbonyl (C=O) groups is 1. The fourth-order valence-corrected chi connectivity index (χ4v) is 1.95. The monoisotopic (exact) mass is 286 g/mol. The number of nitrogens with zero attached hydrogens (tertiary/aromatic N) is 4. The van der Waals surface area contributed by atoms with Crippen molar-refractivity contribution >= 4 is 35.4 Å². The summed E-state index contributed by atoms with van der Waals surface area (Å²) in [6.45, 7) is 3.81. The van der Waals surface area contributed by atoms with Gasteiger partial charge in [-0.05, 0) is 12.5 Å². The minimum Gasteiger partial charge on any atom is -0.480 e. The van der Waals surface area contributed by atoms with Gasteiger partial charge in [-0.3, -0.25) is 4.79 Å². The number of anilines is 1. The lowest BCUT2D eigenvalue weighted by atomic mass is 10.5. The molecule has 0 amide bonds. The molecule has 0 saturated heterocycles. The highest BCUT2D eigenvalue weighted by atomic mass is 32.2. The van der Waals surface area contributed by atoms with Crippen LogP contribution in [0.5, 0.6) is 0 Å². The van der Waals surface area contributed by atoms with Crippen molar-refractivity contribution in [1.82, 2.24) is 15.0 Å². The molecule has 0 radical (unpaired) electrons. The summed E-state index contributed by atoms with van der Waals surface area (Å²) in [6, 6.07) is 0. The van der Waals surface area contributed by atoms with Crippen LogP contribution in [0.25, 0.3) is 0 Å². The predicted octanol–water partition coefficient (Wildman–Crippen LogP) is 1.39. The van der Waals surface area contributed by atoms with Crippen molar-refractivity contribution in [2.45, 2.75) is 10.3 Å². The quantitative estimate of drug-likeness (QED) is 0.595.